The summed E-state index contributed by atoms with van der Waals surface area (Å²) in [7, 11) is 1.82. The van der Waals surface area contributed by atoms with Gasteiger partial charge >= 0.3 is 0 Å². The molecular formula is C17H18ClN7O. The van der Waals surface area contributed by atoms with Crippen molar-refractivity contribution in [2.75, 3.05) is 16.0 Å². The van der Waals surface area contributed by atoms with Gasteiger partial charge in [0, 0.05) is 31.5 Å². The van der Waals surface area contributed by atoms with E-state index in [1.807, 2.05) is 38.4 Å². The normalized spacial score (nSPS) is 10.5. The highest BCUT2D eigenvalue weighted by atomic mass is 35.5. The minimum absolute atomic E-state index is 0.134. The Balaban J connectivity index is 1.84. The van der Waals surface area contributed by atoms with Crippen molar-refractivity contribution in [3.05, 3.63) is 47.4 Å². The van der Waals surface area contributed by atoms with Crippen molar-refractivity contribution in [2.24, 2.45) is 7.05 Å². The molecule has 0 aliphatic carbocycles. The number of aromatic nitrogens is 4. The van der Waals surface area contributed by atoms with E-state index in [4.69, 9.17) is 11.6 Å². The van der Waals surface area contributed by atoms with Crippen LogP contribution in [0.3, 0.4) is 0 Å². The van der Waals surface area contributed by atoms with Crippen LogP contribution in [0, 0.1) is 6.92 Å². The molecule has 0 fully saturated rings. The molecule has 0 saturated carbocycles. The van der Waals surface area contributed by atoms with Gasteiger partial charge in [0.1, 0.15) is 5.02 Å². The molecule has 3 rings (SSSR count). The monoisotopic (exact) mass is 371 g/mol. The molecule has 9 heteroatoms. The van der Waals surface area contributed by atoms with Crippen molar-refractivity contribution >= 4 is 46.3 Å². The van der Waals surface area contributed by atoms with Gasteiger partial charge in [-0.1, -0.05) is 17.7 Å². The Bertz CT molecular complexity index is 954. The minimum atomic E-state index is -0.134. The van der Waals surface area contributed by atoms with Crippen LogP contribution in [-0.4, -0.2) is 25.7 Å². The highest BCUT2D eigenvalue weighted by molar-refractivity contribution is 6.32. The number of rotatable bonds is 5. The van der Waals surface area contributed by atoms with Gasteiger partial charge in [0.25, 0.3) is 0 Å². The number of aryl methyl sites for hydroxylation is 2. The zero-order valence-electron chi connectivity index (χ0n) is 14.5. The van der Waals surface area contributed by atoms with E-state index in [0.29, 0.717) is 22.5 Å². The van der Waals surface area contributed by atoms with Crippen LogP contribution in [0.1, 0.15) is 12.5 Å². The fraction of sp³-hybridized carbons (Fsp3) is 0.176. The number of amides is 1. The zero-order chi connectivity index (χ0) is 18.7. The predicted molar refractivity (Wildman–Crippen MR) is 102 cm³/mol. The van der Waals surface area contributed by atoms with Crippen LogP contribution in [0.25, 0.3) is 0 Å². The fourth-order valence-electron chi connectivity index (χ4n) is 2.30. The maximum absolute atomic E-state index is 11.2. The van der Waals surface area contributed by atoms with E-state index < -0.39 is 0 Å². The average molecular weight is 372 g/mol. The van der Waals surface area contributed by atoms with Gasteiger partial charge < -0.3 is 16.0 Å². The molecule has 0 aliphatic rings. The molecule has 2 aromatic heterocycles. The summed E-state index contributed by atoms with van der Waals surface area (Å²) in [6.07, 6.45) is 5.00. The standard InChI is InChI=1S/C17H18ClN7O/c1-10-4-5-12(21-11(2)26)6-15(10)23-17-19-8-14(18)16(24-17)22-13-7-20-25(3)9-13/h4-9H,1-3H3,(H,21,26)(H2,19,22,23,24). The first kappa shape index (κ1) is 17.7. The fourth-order valence-corrected chi connectivity index (χ4v) is 2.43. The molecule has 0 atom stereocenters. The highest BCUT2D eigenvalue weighted by Gasteiger charge is 2.09. The summed E-state index contributed by atoms with van der Waals surface area (Å²) in [4.78, 5) is 19.9. The first-order valence-corrected chi connectivity index (χ1v) is 8.22. The quantitative estimate of drug-likeness (QED) is 0.633. The first-order valence-electron chi connectivity index (χ1n) is 7.84. The summed E-state index contributed by atoms with van der Waals surface area (Å²) in [5, 5.41) is 13.5. The van der Waals surface area contributed by atoms with Gasteiger partial charge in [0.15, 0.2) is 5.82 Å². The molecule has 3 aromatic rings. The van der Waals surface area contributed by atoms with E-state index in [0.717, 1.165) is 16.9 Å². The minimum Gasteiger partial charge on any atom is -0.336 e. The largest absolute Gasteiger partial charge is 0.336 e. The summed E-state index contributed by atoms with van der Waals surface area (Å²) >= 11 is 6.18. The van der Waals surface area contributed by atoms with Gasteiger partial charge in [-0.15, -0.1) is 0 Å². The number of benzene rings is 1. The third kappa shape index (κ3) is 4.28. The van der Waals surface area contributed by atoms with E-state index in [2.05, 4.69) is 31.0 Å². The average Bonchev–Trinajstić information content (AvgIpc) is 2.98. The molecular weight excluding hydrogens is 354 g/mol. The van der Waals surface area contributed by atoms with E-state index in [1.165, 1.54) is 13.1 Å². The van der Waals surface area contributed by atoms with Gasteiger partial charge in [0.05, 0.1) is 18.1 Å². The highest BCUT2D eigenvalue weighted by Crippen LogP contribution is 2.26. The van der Waals surface area contributed by atoms with Crippen LogP contribution in [0.2, 0.25) is 5.02 Å². The van der Waals surface area contributed by atoms with Crippen LogP contribution in [-0.2, 0) is 11.8 Å². The Labute approximate surface area is 155 Å². The maximum Gasteiger partial charge on any atom is 0.229 e. The van der Waals surface area contributed by atoms with Crippen molar-refractivity contribution in [3.8, 4) is 0 Å². The predicted octanol–water partition coefficient (Wildman–Crippen LogP) is 3.62. The molecule has 0 unspecified atom stereocenters. The second-order valence-corrected chi connectivity index (χ2v) is 6.16. The number of anilines is 5. The van der Waals surface area contributed by atoms with Crippen molar-refractivity contribution in [3.63, 3.8) is 0 Å². The number of nitrogens with zero attached hydrogens (tertiary/aromatic N) is 4. The van der Waals surface area contributed by atoms with Crippen LogP contribution < -0.4 is 16.0 Å². The molecule has 2 heterocycles. The number of carbonyl (C=O) groups is 1. The Morgan fingerprint density at radius 1 is 1.19 bits per heavy atom. The second-order valence-electron chi connectivity index (χ2n) is 5.75. The van der Waals surface area contributed by atoms with Gasteiger partial charge in [-0.2, -0.15) is 10.1 Å². The Morgan fingerprint density at radius 3 is 2.69 bits per heavy atom. The van der Waals surface area contributed by atoms with E-state index in [1.54, 1.807) is 10.9 Å². The van der Waals surface area contributed by atoms with Gasteiger partial charge in [-0.05, 0) is 24.6 Å². The van der Waals surface area contributed by atoms with Crippen molar-refractivity contribution < 1.29 is 4.79 Å². The molecule has 134 valence electrons. The smallest absolute Gasteiger partial charge is 0.229 e. The second kappa shape index (κ2) is 7.40. The lowest BCUT2D eigenvalue weighted by atomic mass is 10.2. The van der Waals surface area contributed by atoms with Gasteiger partial charge in [0.2, 0.25) is 11.9 Å². The number of carbonyl (C=O) groups excluding carboxylic acids is 1. The molecule has 26 heavy (non-hydrogen) atoms. The van der Waals surface area contributed by atoms with Crippen molar-refractivity contribution in [1.82, 2.24) is 19.7 Å². The maximum atomic E-state index is 11.2. The van der Waals surface area contributed by atoms with Crippen LogP contribution in [0.4, 0.5) is 28.8 Å². The zero-order valence-corrected chi connectivity index (χ0v) is 15.3. The number of hydrogen-bond donors (Lipinski definition) is 3. The van der Waals surface area contributed by atoms with Crippen LogP contribution in [0.15, 0.2) is 36.8 Å². The van der Waals surface area contributed by atoms with Gasteiger partial charge in [-0.25, -0.2) is 4.98 Å². The summed E-state index contributed by atoms with van der Waals surface area (Å²) in [6, 6.07) is 5.56. The Morgan fingerprint density at radius 2 is 2.00 bits per heavy atom. The van der Waals surface area contributed by atoms with Gasteiger partial charge in [-0.3, -0.25) is 9.48 Å². The summed E-state index contributed by atoms with van der Waals surface area (Å²) in [6.45, 7) is 3.41. The molecule has 0 spiro atoms. The van der Waals surface area contributed by atoms with E-state index in [9.17, 15) is 4.79 Å². The Hall–Kier alpha value is -3.13. The number of halogens is 1. The molecule has 8 nitrogen and oxygen atoms in total. The van der Waals surface area contributed by atoms with Crippen LogP contribution >= 0.6 is 11.6 Å². The summed E-state index contributed by atoms with van der Waals surface area (Å²) in [5.74, 6) is 0.710. The van der Waals surface area contributed by atoms with Crippen LogP contribution in [0.5, 0.6) is 0 Å². The molecule has 3 N–H and O–H groups in total. The first-order chi connectivity index (χ1) is 12.4. The topological polar surface area (TPSA) is 96.8 Å². The lowest BCUT2D eigenvalue weighted by molar-refractivity contribution is -0.114. The molecule has 0 saturated heterocycles. The molecule has 1 aromatic carbocycles. The molecule has 0 aliphatic heterocycles. The SMILES string of the molecule is CC(=O)Nc1ccc(C)c(Nc2ncc(Cl)c(Nc3cnn(C)c3)n2)c1. The third-order valence-corrected chi connectivity index (χ3v) is 3.79. The lowest BCUT2D eigenvalue weighted by Crippen LogP contribution is -2.07. The van der Waals surface area contributed by atoms with Crippen molar-refractivity contribution in [1.29, 1.82) is 0 Å². The number of nitrogens with one attached hydrogen (secondary N) is 3. The lowest BCUT2D eigenvalue weighted by Gasteiger charge is -2.12. The van der Waals surface area contributed by atoms with E-state index >= 15 is 0 Å². The number of hydrogen-bond acceptors (Lipinski definition) is 6. The summed E-state index contributed by atoms with van der Waals surface area (Å²) < 4.78 is 1.67. The molecule has 1 amide bonds. The Kier molecular flexibility index (Phi) is 5.04. The van der Waals surface area contributed by atoms with Crippen molar-refractivity contribution in [2.45, 2.75) is 13.8 Å². The summed E-state index contributed by atoms with van der Waals surface area (Å²) in [5.41, 5.74) is 3.22. The van der Waals surface area contributed by atoms with E-state index in [-0.39, 0.29) is 5.91 Å². The third-order valence-electron chi connectivity index (χ3n) is 3.52. The molecule has 0 radical (unpaired) electrons. The molecule has 0 bridgehead atoms.